The summed E-state index contributed by atoms with van der Waals surface area (Å²) in [4.78, 5) is 12.9. The lowest BCUT2D eigenvalue weighted by molar-refractivity contribution is 0.111. The maximum absolute atomic E-state index is 10.8. The molecule has 3 nitrogen and oxygen atoms in total. The molecule has 0 spiro atoms. The number of fused-ring (bicyclic) bond motifs is 1. The summed E-state index contributed by atoms with van der Waals surface area (Å²) in [5.41, 5.74) is 2.94. The van der Waals surface area contributed by atoms with Crippen LogP contribution in [0.3, 0.4) is 0 Å². The first-order chi connectivity index (χ1) is 7.15. The zero-order valence-electron chi connectivity index (χ0n) is 9.19. The predicted molar refractivity (Wildman–Crippen MR) is 62.6 cm³/mol. The molecule has 15 heavy (non-hydrogen) atoms. The molecule has 0 unspecified atom stereocenters. The number of carbonyl (C=O) groups is 1. The van der Waals surface area contributed by atoms with Crippen LogP contribution in [-0.4, -0.2) is 24.9 Å². The van der Waals surface area contributed by atoms with E-state index in [0.29, 0.717) is 5.69 Å². The fourth-order valence-corrected chi connectivity index (χ4v) is 1.89. The van der Waals surface area contributed by atoms with Gasteiger partial charge in [-0.25, -0.2) is 0 Å². The predicted octanol–water partition coefficient (Wildman–Crippen LogP) is 2.06. The highest BCUT2D eigenvalue weighted by atomic mass is 16.1. The molecule has 0 bridgehead atoms. The number of rotatable bonds is 2. The number of anilines is 1. The summed E-state index contributed by atoms with van der Waals surface area (Å²) in [7, 11) is 5.92. The highest BCUT2D eigenvalue weighted by Gasteiger charge is 2.09. The monoisotopic (exact) mass is 202 g/mol. The number of hydrogen-bond acceptors (Lipinski definition) is 2. The minimum atomic E-state index is 0.708. The van der Waals surface area contributed by atoms with Gasteiger partial charge in [-0.05, 0) is 12.1 Å². The largest absolute Gasteiger partial charge is 0.376 e. The molecular formula is C12H14N2O. The quantitative estimate of drug-likeness (QED) is 0.696. The smallest absolute Gasteiger partial charge is 0.166 e. The molecule has 0 atom stereocenters. The van der Waals surface area contributed by atoms with Gasteiger partial charge in [-0.15, -0.1) is 0 Å². The van der Waals surface area contributed by atoms with Crippen molar-refractivity contribution in [2.45, 2.75) is 0 Å². The number of carbonyl (C=O) groups excluding carboxylic acids is 1. The SMILES string of the molecule is CN(C)c1cccc2cc(C=O)n(C)c12. The van der Waals surface area contributed by atoms with E-state index in [2.05, 4.69) is 11.0 Å². The van der Waals surface area contributed by atoms with E-state index in [0.717, 1.165) is 22.9 Å². The summed E-state index contributed by atoms with van der Waals surface area (Å²) in [5, 5.41) is 1.10. The van der Waals surface area contributed by atoms with E-state index in [9.17, 15) is 4.79 Å². The highest BCUT2D eigenvalue weighted by molar-refractivity contribution is 5.96. The minimum absolute atomic E-state index is 0.708. The summed E-state index contributed by atoms with van der Waals surface area (Å²) < 4.78 is 1.93. The van der Waals surface area contributed by atoms with Gasteiger partial charge in [-0.3, -0.25) is 4.79 Å². The van der Waals surface area contributed by atoms with Crippen LogP contribution >= 0.6 is 0 Å². The van der Waals surface area contributed by atoms with Crippen LogP contribution in [0.25, 0.3) is 10.9 Å². The fraction of sp³-hybridized carbons (Fsp3) is 0.250. The van der Waals surface area contributed by atoms with Crippen molar-refractivity contribution in [3.63, 3.8) is 0 Å². The molecule has 0 amide bonds. The number of nitrogens with zero attached hydrogens (tertiary/aromatic N) is 2. The summed E-state index contributed by atoms with van der Waals surface area (Å²) >= 11 is 0. The second-order valence-corrected chi connectivity index (χ2v) is 3.86. The molecule has 0 aliphatic carbocycles. The lowest BCUT2D eigenvalue weighted by Gasteiger charge is -2.15. The Kier molecular flexibility index (Phi) is 2.23. The molecule has 2 rings (SSSR count). The van der Waals surface area contributed by atoms with Crippen molar-refractivity contribution in [1.82, 2.24) is 4.57 Å². The third-order valence-electron chi connectivity index (χ3n) is 2.67. The average molecular weight is 202 g/mol. The Labute approximate surface area is 88.9 Å². The summed E-state index contributed by atoms with van der Waals surface area (Å²) in [5.74, 6) is 0. The van der Waals surface area contributed by atoms with Crippen LogP contribution in [0.5, 0.6) is 0 Å². The molecule has 0 radical (unpaired) electrons. The Hall–Kier alpha value is -1.77. The second-order valence-electron chi connectivity index (χ2n) is 3.86. The number of aryl methyl sites for hydroxylation is 1. The van der Waals surface area contributed by atoms with E-state index in [-0.39, 0.29) is 0 Å². The molecule has 0 saturated heterocycles. The summed E-state index contributed by atoms with van der Waals surface area (Å²) in [6.07, 6.45) is 0.888. The van der Waals surface area contributed by atoms with Crippen LogP contribution in [0.4, 0.5) is 5.69 Å². The maximum atomic E-state index is 10.8. The van der Waals surface area contributed by atoms with E-state index in [4.69, 9.17) is 0 Å². The molecule has 0 saturated carbocycles. The van der Waals surface area contributed by atoms with Crippen molar-refractivity contribution in [1.29, 1.82) is 0 Å². The molecule has 0 aliphatic heterocycles. The minimum Gasteiger partial charge on any atom is -0.376 e. The van der Waals surface area contributed by atoms with Gasteiger partial charge in [-0.1, -0.05) is 12.1 Å². The molecule has 2 aromatic rings. The third-order valence-corrected chi connectivity index (χ3v) is 2.67. The first-order valence-electron chi connectivity index (χ1n) is 4.86. The number of aldehydes is 1. The first kappa shape index (κ1) is 9.77. The molecule has 0 N–H and O–H groups in total. The average Bonchev–Trinajstić information content (AvgIpc) is 2.55. The van der Waals surface area contributed by atoms with Gasteiger partial charge in [0.25, 0.3) is 0 Å². The number of hydrogen-bond donors (Lipinski definition) is 0. The highest BCUT2D eigenvalue weighted by Crippen LogP contribution is 2.27. The molecule has 78 valence electrons. The van der Waals surface area contributed by atoms with Gasteiger partial charge in [0.1, 0.15) is 0 Å². The lowest BCUT2D eigenvalue weighted by atomic mass is 10.2. The third kappa shape index (κ3) is 1.40. The zero-order valence-corrected chi connectivity index (χ0v) is 9.19. The van der Waals surface area contributed by atoms with Crippen molar-refractivity contribution < 1.29 is 4.79 Å². The van der Waals surface area contributed by atoms with Crippen LogP contribution < -0.4 is 4.90 Å². The van der Waals surface area contributed by atoms with E-state index < -0.39 is 0 Å². The van der Waals surface area contributed by atoms with E-state index >= 15 is 0 Å². The molecule has 3 heteroatoms. The number of aromatic nitrogens is 1. The second kappa shape index (κ2) is 3.42. The van der Waals surface area contributed by atoms with Crippen molar-refractivity contribution in [2.24, 2.45) is 7.05 Å². The molecule has 1 aromatic heterocycles. The Balaban J connectivity index is 2.84. The molecule has 1 heterocycles. The van der Waals surface area contributed by atoms with Crippen LogP contribution in [0.2, 0.25) is 0 Å². The number of benzene rings is 1. The molecule has 0 aliphatic rings. The Morgan fingerprint density at radius 2 is 2.07 bits per heavy atom. The van der Waals surface area contributed by atoms with E-state index in [1.54, 1.807) is 0 Å². The van der Waals surface area contributed by atoms with Crippen molar-refractivity contribution >= 4 is 22.9 Å². The van der Waals surface area contributed by atoms with E-state index in [1.165, 1.54) is 0 Å². The van der Waals surface area contributed by atoms with Gasteiger partial charge in [0, 0.05) is 26.5 Å². The van der Waals surface area contributed by atoms with Gasteiger partial charge in [-0.2, -0.15) is 0 Å². The van der Waals surface area contributed by atoms with Crippen molar-refractivity contribution in [3.05, 3.63) is 30.0 Å². The summed E-state index contributed by atoms with van der Waals surface area (Å²) in [6.45, 7) is 0. The van der Waals surface area contributed by atoms with Crippen LogP contribution in [0, 0.1) is 0 Å². The van der Waals surface area contributed by atoms with Gasteiger partial charge in [0.05, 0.1) is 16.9 Å². The normalized spacial score (nSPS) is 10.6. The summed E-state index contributed by atoms with van der Waals surface area (Å²) in [6, 6.07) is 7.99. The molecular weight excluding hydrogens is 188 g/mol. The molecule has 1 aromatic carbocycles. The van der Waals surface area contributed by atoms with Crippen LogP contribution in [0.1, 0.15) is 10.5 Å². The van der Waals surface area contributed by atoms with Crippen molar-refractivity contribution in [3.8, 4) is 0 Å². The van der Waals surface area contributed by atoms with Crippen LogP contribution in [-0.2, 0) is 7.05 Å². The van der Waals surface area contributed by atoms with Gasteiger partial charge < -0.3 is 9.47 Å². The Bertz CT molecular complexity index is 512. The van der Waals surface area contributed by atoms with Gasteiger partial charge in [0.15, 0.2) is 6.29 Å². The van der Waals surface area contributed by atoms with E-state index in [1.807, 2.05) is 43.9 Å². The lowest BCUT2D eigenvalue weighted by Crippen LogP contribution is -2.10. The zero-order chi connectivity index (χ0) is 11.0. The van der Waals surface area contributed by atoms with Crippen molar-refractivity contribution in [2.75, 3.05) is 19.0 Å². The topological polar surface area (TPSA) is 25.2 Å². The Morgan fingerprint density at radius 1 is 1.33 bits per heavy atom. The molecule has 0 fully saturated rings. The first-order valence-corrected chi connectivity index (χ1v) is 4.86. The van der Waals surface area contributed by atoms with Gasteiger partial charge >= 0.3 is 0 Å². The van der Waals surface area contributed by atoms with Gasteiger partial charge in [0.2, 0.25) is 0 Å². The number of para-hydroxylation sites is 1. The maximum Gasteiger partial charge on any atom is 0.166 e. The Morgan fingerprint density at radius 3 is 2.67 bits per heavy atom. The standard InChI is InChI=1S/C12H14N2O/c1-13(2)11-6-4-5-9-7-10(8-15)14(3)12(9)11/h4-8H,1-3H3. The fourth-order valence-electron chi connectivity index (χ4n) is 1.89. The van der Waals surface area contributed by atoms with Crippen LogP contribution in [0.15, 0.2) is 24.3 Å².